The van der Waals surface area contributed by atoms with E-state index in [4.69, 9.17) is 5.11 Å². The van der Waals surface area contributed by atoms with E-state index in [1.165, 1.54) is 0 Å². The minimum absolute atomic E-state index is 0.333. The number of rotatable bonds is 3. The second kappa shape index (κ2) is 5.50. The summed E-state index contributed by atoms with van der Waals surface area (Å²) in [5, 5.41) is 20.9. The number of hydrogen-bond acceptors (Lipinski definition) is 3. The lowest BCUT2D eigenvalue weighted by atomic mass is 10.0. The molecule has 0 spiro atoms. The van der Waals surface area contributed by atoms with E-state index in [0.717, 1.165) is 31.0 Å². The Balaban J connectivity index is 2.06. The molecule has 1 unspecified atom stereocenters. The van der Waals surface area contributed by atoms with E-state index in [1.807, 2.05) is 24.3 Å². The number of carbonyl (C=O) groups is 2. The van der Waals surface area contributed by atoms with Gasteiger partial charge in [0, 0.05) is 12.2 Å². The standard InChI is InChI=1S/C14H18N2O4/c1-14(20,12(17)18)9-15-13(19)16-8-4-6-10-5-2-3-7-11(10)16/h2-3,5,7,20H,4,6,8-9H2,1H3,(H,15,19)(H,17,18). The number of nitrogens with one attached hydrogen (secondary N) is 1. The molecule has 1 aromatic rings. The van der Waals surface area contributed by atoms with Crippen LogP contribution >= 0.6 is 0 Å². The number of urea groups is 1. The Bertz CT molecular complexity index is 528. The first kappa shape index (κ1) is 14.3. The van der Waals surface area contributed by atoms with Crippen LogP contribution in [0.5, 0.6) is 0 Å². The maximum atomic E-state index is 12.1. The molecule has 108 valence electrons. The summed E-state index contributed by atoms with van der Waals surface area (Å²) < 4.78 is 0. The first-order valence-corrected chi connectivity index (χ1v) is 6.51. The average Bonchev–Trinajstić information content (AvgIpc) is 2.44. The van der Waals surface area contributed by atoms with Crippen LogP contribution in [0.25, 0.3) is 0 Å². The van der Waals surface area contributed by atoms with E-state index in [-0.39, 0.29) is 6.54 Å². The third kappa shape index (κ3) is 2.91. The number of amides is 2. The zero-order valence-corrected chi connectivity index (χ0v) is 11.3. The smallest absolute Gasteiger partial charge is 0.337 e. The van der Waals surface area contributed by atoms with Crippen LogP contribution in [-0.4, -0.2) is 40.9 Å². The fraction of sp³-hybridized carbons (Fsp3) is 0.429. The Labute approximate surface area is 117 Å². The third-order valence-electron chi connectivity index (χ3n) is 3.40. The van der Waals surface area contributed by atoms with E-state index < -0.39 is 17.6 Å². The quantitative estimate of drug-likeness (QED) is 0.769. The molecule has 0 aromatic heterocycles. The van der Waals surface area contributed by atoms with Gasteiger partial charge in [-0.05, 0) is 31.4 Å². The second-order valence-corrected chi connectivity index (χ2v) is 5.12. The topological polar surface area (TPSA) is 89.9 Å². The highest BCUT2D eigenvalue weighted by Gasteiger charge is 2.31. The highest BCUT2D eigenvalue weighted by Crippen LogP contribution is 2.26. The fourth-order valence-corrected chi connectivity index (χ4v) is 2.16. The number of carboxylic acids is 1. The highest BCUT2D eigenvalue weighted by molar-refractivity contribution is 5.93. The number of anilines is 1. The maximum absolute atomic E-state index is 12.1. The molecule has 2 amide bonds. The number of aliphatic hydroxyl groups is 1. The summed E-state index contributed by atoms with van der Waals surface area (Å²) in [5.41, 5.74) is -0.0320. The lowest BCUT2D eigenvalue weighted by Crippen LogP contribution is -2.51. The second-order valence-electron chi connectivity index (χ2n) is 5.12. The number of fused-ring (bicyclic) bond motifs is 1. The summed E-state index contributed by atoms with van der Waals surface area (Å²) in [6.45, 7) is 1.40. The Morgan fingerprint density at radius 2 is 2.10 bits per heavy atom. The molecule has 0 bridgehead atoms. The van der Waals surface area contributed by atoms with Crippen molar-refractivity contribution >= 4 is 17.7 Å². The molecule has 20 heavy (non-hydrogen) atoms. The van der Waals surface area contributed by atoms with Crippen molar-refractivity contribution in [1.82, 2.24) is 5.32 Å². The predicted octanol–water partition coefficient (Wildman–Crippen LogP) is 0.984. The van der Waals surface area contributed by atoms with Crippen molar-refractivity contribution in [3.05, 3.63) is 29.8 Å². The van der Waals surface area contributed by atoms with E-state index >= 15 is 0 Å². The van der Waals surface area contributed by atoms with Crippen LogP contribution in [0.2, 0.25) is 0 Å². The molecule has 1 atom stereocenters. The van der Waals surface area contributed by atoms with Gasteiger partial charge in [0.2, 0.25) is 0 Å². The normalized spacial score (nSPS) is 17.0. The van der Waals surface area contributed by atoms with Gasteiger partial charge >= 0.3 is 12.0 Å². The van der Waals surface area contributed by atoms with Crippen molar-refractivity contribution in [2.75, 3.05) is 18.0 Å². The fourth-order valence-electron chi connectivity index (χ4n) is 2.16. The number of para-hydroxylation sites is 1. The van der Waals surface area contributed by atoms with E-state index in [1.54, 1.807) is 4.90 Å². The van der Waals surface area contributed by atoms with Crippen LogP contribution in [0.3, 0.4) is 0 Å². The minimum Gasteiger partial charge on any atom is -0.479 e. The molecule has 1 aliphatic heterocycles. The largest absolute Gasteiger partial charge is 0.479 e. The Morgan fingerprint density at radius 3 is 2.80 bits per heavy atom. The van der Waals surface area contributed by atoms with Gasteiger partial charge in [-0.3, -0.25) is 4.90 Å². The number of aryl methyl sites for hydroxylation is 1. The van der Waals surface area contributed by atoms with Gasteiger partial charge in [-0.15, -0.1) is 0 Å². The molecular weight excluding hydrogens is 260 g/mol. The van der Waals surface area contributed by atoms with Gasteiger partial charge in [0.15, 0.2) is 5.60 Å². The molecule has 6 nitrogen and oxygen atoms in total. The van der Waals surface area contributed by atoms with Crippen molar-refractivity contribution in [2.24, 2.45) is 0 Å². The molecular formula is C14H18N2O4. The molecule has 0 saturated carbocycles. The number of nitrogens with zero attached hydrogens (tertiary/aromatic N) is 1. The molecule has 2 rings (SSSR count). The van der Waals surface area contributed by atoms with Crippen LogP contribution < -0.4 is 10.2 Å². The van der Waals surface area contributed by atoms with Crippen molar-refractivity contribution in [3.8, 4) is 0 Å². The van der Waals surface area contributed by atoms with Gasteiger partial charge in [-0.2, -0.15) is 0 Å². The Hall–Kier alpha value is -2.08. The van der Waals surface area contributed by atoms with Crippen molar-refractivity contribution in [3.63, 3.8) is 0 Å². The number of carboxylic acid groups (broad SMARTS) is 1. The number of benzene rings is 1. The zero-order valence-electron chi connectivity index (χ0n) is 11.3. The SMILES string of the molecule is CC(O)(CNC(=O)N1CCCc2ccccc21)C(=O)O. The first-order valence-electron chi connectivity index (χ1n) is 6.51. The van der Waals surface area contributed by atoms with E-state index in [2.05, 4.69) is 5.32 Å². The molecule has 0 aliphatic carbocycles. The van der Waals surface area contributed by atoms with E-state index in [9.17, 15) is 14.7 Å². The van der Waals surface area contributed by atoms with E-state index in [0.29, 0.717) is 6.54 Å². The van der Waals surface area contributed by atoms with Gasteiger partial charge in [-0.25, -0.2) is 9.59 Å². The van der Waals surface area contributed by atoms with Crippen LogP contribution in [0, 0.1) is 0 Å². The first-order chi connectivity index (χ1) is 9.42. The molecule has 0 saturated heterocycles. The number of hydrogen-bond donors (Lipinski definition) is 3. The number of carbonyl (C=O) groups excluding carboxylic acids is 1. The van der Waals surface area contributed by atoms with Gasteiger partial charge in [0.05, 0.1) is 6.54 Å². The Kier molecular flexibility index (Phi) is 3.94. The monoisotopic (exact) mass is 278 g/mol. The van der Waals surface area contributed by atoms with Crippen molar-refractivity contribution in [2.45, 2.75) is 25.4 Å². The summed E-state index contributed by atoms with van der Waals surface area (Å²) in [7, 11) is 0. The van der Waals surface area contributed by atoms with Gasteiger partial charge in [0.1, 0.15) is 0 Å². The lowest BCUT2D eigenvalue weighted by molar-refractivity contribution is -0.155. The third-order valence-corrected chi connectivity index (χ3v) is 3.40. The summed E-state index contributed by atoms with van der Waals surface area (Å²) in [6.07, 6.45) is 1.78. The summed E-state index contributed by atoms with van der Waals surface area (Å²) >= 11 is 0. The molecule has 1 aliphatic rings. The van der Waals surface area contributed by atoms with Crippen molar-refractivity contribution in [1.29, 1.82) is 0 Å². The average molecular weight is 278 g/mol. The number of aliphatic carboxylic acids is 1. The van der Waals surface area contributed by atoms with Crippen LogP contribution in [0.4, 0.5) is 10.5 Å². The highest BCUT2D eigenvalue weighted by atomic mass is 16.4. The summed E-state index contributed by atoms with van der Waals surface area (Å²) in [4.78, 5) is 24.5. The van der Waals surface area contributed by atoms with Crippen molar-refractivity contribution < 1.29 is 19.8 Å². The summed E-state index contributed by atoms with van der Waals surface area (Å²) in [5.74, 6) is -1.36. The molecule has 1 heterocycles. The van der Waals surface area contributed by atoms with Gasteiger partial charge in [-0.1, -0.05) is 18.2 Å². The lowest BCUT2D eigenvalue weighted by Gasteiger charge is -2.30. The zero-order chi connectivity index (χ0) is 14.8. The van der Waals surface area contributed by atoms with Crippen LogP contribution in [0.1, 0.15) is 18.9 Å². The molecule has 3 N–H and O–H groups in total. The summed E-state index contributed by atoms with van der Waals surface area (Å²) in [6, 6.07) is 7.23. The minimum atomic E-state index is -1.97. The van der Waals surface area contributed by atoms with Gasteiger partial charge in [0.25, 0.3) is 0 Å². The predicted molar refractivity (Wildman–Crippen MR) is 73.8 cm³/mol. The Morgan fingerprint density at radius 1 is 1.40 bits per heavy atom. The molecule has 1 aromatic carbocycles. The molecule has 0 radical (unpaired) electrons. The van der Waals surface area contributed by atoms with Crippen LogP contribution in [0.15, 0.2) is 24.3 Å². The van der Waals surface area contributed by atoms with Crippen LogP contribution in [-0.2, 0) is 11.2 Å². The molecule has 0 fully saturated rings. The maximum Gasteiger partial charge on any atom is 0.337 e. The molecule has 6 heteroatoms. The van der Waals surface area contributed by atoms with Gasteiger partial charge < -0.3 is 15.5 Å².